The smallest absolute Gasteiger partial charge is 0.274 e. The Morgan fingerprint density at radius 3 is 2.45 bits per heavy atom. The molecule has 0 saturated heterocycles. The monoisotopic (exact) mass is 436 g/mol. The first kappa shape index (κ1) is 20.3. The molecule has 0 bridgehead atoms. The van der Waals surface area contributed by atoms with Crippen molar-refractivity contribution in [3.63, 3.8) is 0 Å². The van der Waals surface area contributed by atoms with E-state index < -0.39 is 0 Å². The second-order valence-corrected chi connectivity index (χ2v) is 7.29. The molecule has 5 aromatic rings. The Balaban J connectivity index is 1.72. The lowest BCUT2D eigenvalue weighted by Gasteiger charge is -2.11. The predicted octanol–water partition coefficient (Wildman–Crippen LogP) is 4.02. The number of imidazole rings is 1. The minimum atomic E-state index is -0.333. The van der Waals surface area contributed by atoms with Gasteiger partial charge in [-0.25, -0.2) is 20.4 Å². The summed E-state index contributed by atoms with van der Waals surface area (Å²) in [5, 5.41) is 0. The van der Waals surface area contributed by atoms with Crippen molar-refractivity contribution in [2.24, 2.45) is 0 Å². The quantitative estimate of drug-likeness (QED) is 0.403. The van der Waals surface area contributed by atoms with Crippen LogP contribution in [0.4, 0.5) is 5.82 Å². The van der Waals surface area contributed by atoms with Crippen molar-refractivity contribution in [2.75, 3.05) is 12.8 Å². The van der Waals surface area contributed by atoms with E-state index in [1.54, 1.807) is 18.3 Å². The number of hydroxylamine groups is 1. The highest BCUT2D eigenvalue weighted by Crippen LogP contribution is 2.31. The van der Waals surface area contributed by atoms with Gasteiger partial charge in [-0.1, -0.05) is 30.3 Å². The topological polar surface area (TPSA) is 108 Å². The Kier molecular flexibility index (Phi) is 5.26. The van der Waals surface area contributed by atoms with Gasteiger partial charge in [0.1, 0.15) is 11.3 Å². The number of nitrogen functional groups attached to an aromatic ring is 1. The first-order chi connectivity index (χ1) is 16.2. The number of pyridine rings is 2. The third kappa shape index (κ3) is 3.79. The molecule has 33 heavy (non-hydrogen) atoms. The summed E-state index contributed by atoms with van der Waals surface area (Å²) >= 11 is 0. The third-order valence-corrected chi connectivity index (χ3v) is 5.24. The summed E-state index contributed by atoms with van der Waals surface area (Å²) in [5.74, 6) is 0.650. The van der Waals surface area contributed by atoms with Crippen LogP contribution in [0.5, 0.6) is 0 Å². The van der Waals surface area contributed by atoms with Crippen LogP contribution in [0.2, 0.25) is 0 Å². The summed E-state index contributed by atoms with van der Waals surface area (Å²) in [7, 11) is 1.39. The maximum Gasteiger partial charge on any atom is 0.274 e. The molecule has 1 amide bonds. The molecule has 0 fully saturated rings. The zero-order valence-corrected chi connectivity index (χ0v) is 17.8. The lowest BCUT2D eigenvalue weighted by Crippen LogP contribution is -2.21. The minimum Gasteiger partial charge on any atom is -0.383 e. The number of benzene rings is 2. The highest BCUT2D eigenvalue weighted by atomic mass is 16.6. The molecule has 5 rings (SSSR count). The van der Waals surface area contributed by atoms with E-state index in [1.165, 1.54) is 7.11 Å². The molecule has 162 valence electrons. The first-order valence-electron chi connectivity index (χ1n) is 10.3. The number of nitrogens with two attached hydrogens (primary N) is 1. The van der Waals surface area contributed by atoms with Crippen LogP contribution in [0.25, 0.3) is 39.5 Å². The Labute approximate surface area is 189 Å². The minimum absolute atomic E-state index is 0.333. The van der Waals surface area contributed by atoms with Crippen molar-refractivity contribution in [1.82, 2.24) is 25.0 Å². The number of nitrogens with zero attached hydrogens (tertiary/aromatic N) is 4. The molecule has 0 unspecified atom stereocenters. The molecule has 8 nitrogen and oxygen atoms in total. The van der Waals surface area contributed by atoms with Gasteiger partial charge in [-0.05, 0) is 48.5 Å². The number of carbonyl (C=O) groups excluding carboxylic acids is 1. The average molecular weight is 436 g/mol. The summed E-state index contributed by atoms with van der Waals surface area (Å²) in [5.41, 5.74) is 13.7. The summed E-state index contributed by atoms with van der Waals surface area (Å²) in [6.45, 7) is 0. The number of aromatic nitrogens is 4. The van der Waals surface area contributed by atoms with Gasteiger partial charge in [-0.2, -0.15) is 0 Å². The molecule has 0 atom stereocenters. The number of amides is 1. The molecular weight excluding hydrogens is 416 g/mol. The lowest BCUT2D eigenvalue weighted by molar-refractivity contribution is 0.0537. The Morgan fingerprint density at radius 1 is 0.939 bits per heavy atom. The predicted molar refractivity (Wildman–Crippen MR) is 126 cm³/mol. The lowest BCUT2D eigenvalue weighted by atomic mass is 10.1. The number of hydrogen-bond donors (Lipinski definition) is 2. The molecule has 0 aliphatic rings. The van der Waals surface area contributed by atoms with Crippen LogP contribution in [-0.2, 0) is 4.84 Å². The van der Waals surface area contributed by atoms with Crippen LogP contribution in [0.1, 0.15) is 10.4 Å². The molecule has 0 radical (unpaired) electrons. The van der Waals surface area contributed by atoms with Gasteiger partial charge in [-0.15, -0.1) is 0 Å². The first-order valence-corrected chi connectivity index (χ1v) is 10.3. The normalized spacial score (nSPS) is 10.9. The van der Waals surface area contributed by atoms with E-state index in [4.69, 9.17) is 20.5 Å². The largest absolute Gasteiger partial charge is 0.383 e. The second-order valence-electron chi connectivity index (χ2n) is 7.29. The fraction of sp³-hybridized carbons (Fsp3) is 0.0400. The molecule has 0 aliphatic heterocycles. The van der Waals surface area contributed by atoms with Crippen molar-refractivity contribution in [2.45, 2.75) is 0 Å². The van der Waals surface area contributed by atoms with Gasteiger partial charge in [0.15, 0.2) is 11.5 Å². The summed E-state index contributed by atoms with van der Waals surface area (Å²) in [6.07, 6.45) is 1.64. The molecule has 3 N–H and O–H groups in total. The van der Waals surface area contributed by atoms with E-state index >= 15 is 0 Å². The van der Waals surface area contributed by atoms with Crippen molar-refractivity contribution in [3.05, 3.63) is 90.6 Å². The number of nitrogens with one attached hydrogen (secondary N) is 1. The Bertz CT molecular complexity index is 1450. The molecule has 0 aliphatic carbocycles. The van der Waals surface area contributed by atoms with E-state index in [0.717, 1.165) is 16.9 Å². The number of carbonyl (C=O) groups is 1. The van der Waals surface area contributed by atoms with Crippen molar-refractivity contribution in [3.8, 4) is 28.3 Å². The van der Waals surface area contributed by atoms with Gasteiger partial charge in [0.2, 0.25) is 0 Å². The summed E-state index contributed by atoms with van der Waals surface area (Å²) < 4.78 is 1.92. The highest BCUT2D eigenvalue weighted by molar-refractivity contribution is 5.94. The average Bonchev–Trinajstić information content (AvgIpc) is 3.23. The van der Waals surface area contributed by atoms with Crippen LogP contribution in [0.3, 0.4) is 0 Å². The van der Waals surface area contributed by atoms with Crippen molar-refractivity contribution < 1.29 is 9.63 Å². The standard InChI is InChI=1S/C25H20N6O2/c1-33-30-25(32)17-9-11-18(12-10-17)31-23(19-8-5-15-27-22(19)26)29-21-14-13-20(28-24(21)31)16-6-3-2-4-7-16/h2-15H,1H3,(H2,26,27)(H,30,32). The molecule has 3 aromatic heterocycles. The van der Waals surface area contributed by atoms with Crippen LogP contribution in [-0.4, -0.2) is 32.5 Å². The summed E-state index contributed by atoms with van der Waals surface area (Å²) in [6, 6.07) is 24.6. The number of rotatable bonds is 5. The summed E-state index contributed by atoms with van der Waals surface area (Å²) in [4.78, 5) is 30.8. The zero-order chi connectivity index (χ0) is 22.8. The van der Waals surface area contributed by atoms with Gasteiger partial charge >= 0.3 is 0 Å². The second kappa shape index (κ2) is 8.52. The molecule has 8 heteroatoms. The number of hydrogen-bond acceptors (Lipinski definition) is 6. The molecular formula is C25H20N6O2. The highest BCUT2D eigenvalue weighted by Gasteiger charge is 2.19. The van der Waals surface area contributed by atoms with Crippen LogP contribution < -0.4 is 11.2 Å². The van der Waals surface area contributed by atoms with Crippen LogP contribution in [0, 0.1) is 0 Å². The van der Waals surface area contributed by atoms with Gasteiger partial charge in [0, 0.05) is 23.0 Å². The molecule has 0 spiro atoms. The fourth-order valence-electron chi connectivity index (χ4n) is 3.67. The van der Waals surface area contributed by atoms with E-state index in [0.29, 0.717) is 33.9 Å². The van der Waals surface area contributed by atoms with Gasteiger partial charge < -0.3 is 5.73 Å². The maximum atomic E-state index is 12.1. The van der Waals surface area contributed by atoms with Gasteiger partial charge in [-0.3, -0.25) is 14.2 Å². The SMILES string of the molecule is CONC(=O)c1ccc(-n2c(-c3cccnc3N)nc3ccc(-c4ccccc4)nc32)cc1. The molecule has 0 saturated carbocycles. The van der Waals surface area contributed by atoms with Crippen molar-refractivity contribution in [1.29, 1.82) is 0 Å². The van der Waals surface area contributed by atoms with E-state index in [9.17, 15) is 4.79 Å². The van der Waals surface area contributed by atoms with Gasteiger partial charge in [0.25, 0.3) is 5.91 Å². The van der Waals surface area contributed by atoms with Crippen molar-refractivity contribution >= 4 is 22.9 Å². The van der Waals surface area contributed by atoms with E-state index in [-0.39, 0.29) is 5.91 Å². The molecule has 3 heterocycles. The Morgan fingerprint density at radius 2 is 1.73 bits per heavy atom. The third-order valence-electron chi connectivity index (χ3n) is 5.24. The maximum absolute atomic E-state index is 12.1. The molecule has 2 aromatic carbocycles. The Hall–Kier alpha value is -4.56. The van der Waals surface area contributed by atoms with Gasteiger partial charge in [0.05, 0.1) is 18.4 Å². The van der Waals surface area contributed by atoms with Crippen LogP contribution >= 0.6 is 0 Å². The van der Waals surface area contributed by atoms with E-state index in [2.05, 4.69) is 10.5 Å². The number of fused-ring (bicyclic) bond motifs is 1. The number of anilines is 1. The zero-order valence-electron chi connectivity index (χ0n) is 17.8. The van der Waals surface area contributed by atoms with E-state index in [1.807, 2.05) is 71.3 Å². The fourth-order valence-corrected chi connectivity index (χ4v) is 3.67. The van der Waals surface area contributed by atoms with Crippen LogP contribution in [0.15, 0.2) is 85.1 Å².